The molecular formula is C15H20O2. The third-order valence-electron chi connectivity index (χ3n) is 3.41. The van der Waals surface area contributed by atoms with Crippen LogP contribution in [0.5, 0.6) is 0 Å². The average molecular weight is 232 g/mol. The number of aryl methyl sites for hydroxylation is 3. The van der Waals surface area contributed by atoms with Crippen LogP contribution in [0.2, 0.25) is 0 Å². The van der Waals surface area contributed by atoms with Gasteiger partial charge in [0.15, 0.2) is 0 Å². The minimum absolute atomic E-state index is 0.616. The normalized spacial score (nSPS) is 17.3. The molecule has 1 unspecified atom stereocenters. The van der Waals surface area contributed by atoms with Crippen LogP contribution in [-0.4, -0.2) is 11.7 Å². The van der Waals surface area contributed by atoms with Crippen LogP contribution < -0.4 is 0 Å². The van der Waals surface area contributed by atoms with Gasteiger partial charge in [0.2, 0.25) is 0 Å². The maximum Gasteiger partial charge on any atom is 0.136 e. The molecule has 1 atom stereocenters. The minimum Gasteiger partial charge on any atom is -0.495 e. The topological polar surface area (TPSA) is 29.5 Å². The number of hydrogen-bond acceptors (Lipinski definition) is 2. The highest BCUT2D eigenvalue weighted by molar-refractivity contribution is 5.39. The number of benzene rings is 1. The highest BCUT2D eigenvalue weighted by Crippen LogP contribution is 2.29. The Labute approximate surface area is 103 Å². The zero-order valence-corrected chi connectivity index (χ0v) is 10.8. The molecule has 0 radical (unpaired) electrons. The molecule has 92 valence electrons. The molecule has 0 spiro atoms. The lowest BCUT2D eigenvalue weighted by Crippen LogP contribution is -2.11. The van der Waals surface area contributed by atoms with Crippen LogP contribution in [0.3, 0.4) is 0 Å². The molecule has 2 rings (SSSR count). The van der Waals surface area contributed by atoms with Gasteiger partial charge in [0.25, 0.3) is 0 Å². The first kappa shape index (κ1) is 12.2. The lowest BCUT2D eigenvalue weighted by molar-refractivity contribution is 0.0914. The van der Waals surface area contributed by atoms with Gasteiger partial charge in [-0.15, -0.1) is 0 Å². The second-order valence-corrected chi connectivity index (χ2v) is 4.79. The first-order chi connectivity index (χ1) is 8.09. The number of aliphatic hydroxyl groups excluding tert-OH is 1. The second-order valence-electron chi connectivity index (χ2n) is 4.79. The van der Waals surface area contributed by atoms with Gasteiger partial charge in [-0.05, 0) is 61.9 Å². The van der Waals surface area contributed by atoms with Crippen molar-refractivity contribution in [1.29, 1.82) is 0 Å². The van der Waals surface area contributed by atoms with Crippen molar-refractivity contribution in [2.75, 3.05) is 6.61 Å². The molecule has 1 aliphatic rings. The molecule has 1 heterocycles. The summed E-state index contributed by atoms with van der Waals surface area (Å²) in [5.41, 5.74) is 4.55. The molecule has 0 bridgehead atoms. The third kappa shape index (κ3) is 2.52. The molecule has 1 N–H and O–H groups in total. The zero-order valence-electron chi connectivity index (χ0n) is 10.8. The smallest absolute Gasteiger partial charge is 0.136 e. The van der Waals surface area contributed by atoms with Gasteiger partial charge in [-0.2, -0.15) is 0 Å². The fraction of sp³-hybridized carbons (Fsp3) is 0.467. The van der Waals surface area contributed by atoms with Crippen molar-refractivity contribution in [3.05, 3.63) is 46.2 Å². The van der Waals surface area contributed by atoms with Crippen molar-refractivity contribution >= 4 is 0 Å². The van der Waals surface area contributed by atoms with Gasteiger partial charge < -0.3 is 9.84 Å². The van der Waals surface area contributed by atoms with Crippen molar-refractivity contribution in [2.24, 2.45) is 0 Å². The van der Waals surface area contributed by atoms with E-state index >= 15 is 0 Å². The Hall–Kier alpha value is -1.28. The van der Waals surface area contributed by atoms with E-state index in [0.29, 0.717) is 12.4 Å². The quantitative estimate of drug-likeness (QED) is 0.847. The molecule has 0 aromatic heterocycles. The summed E-state index contributed by atoms with van der Waals surface area (Å²) in [7, 11) is 0. The molecular weight excluding hydrogens is 212 g/mol. The summed E-state index contributed by atoms with van der Waals surface area (Å²) >= 11 is 0. The van der Waals surface area contributed by atoms with Crippen LogP contribution in [0.1, 0.15) is 41.2 Å². The third-order valence-corrected chi connectivity index (χ3v) is 3.41. The Morgan fingerprint density at radius 3 is 2.47 bits per heavy atom. The van der Waals surface area contributed by atoms with Crippen molar-refractivity contribution in [3.8, 4) is 0 Å². The molecule has 0 aliphatic carbocycles. The van der Waals surface area contributed by atoms with Crippen LogP contribution in [0.4, 0.5) is 0 Å². The van der Waals surface area contributed by atoms with E-state index in [4.69, 9.17) is 4.74 Å². The lowest BCUT2D eigenvalue weighted by atomic mass is 9.95. The predicted octanol–water partition coefficient (Wildman–Crippen LogP) is 3.34. The summed E-state index contributed by atoms with van der Waals surface area (Å²) in [6.45, 7) is 6.91. The summed E-state index contributed by atoms with van der Waals surface area (Å²) in [5, 5.41) is 10.3. The fourth-order valence-electron chi connectivity index (χ4n) is 2.20. The Balaban J connectivity index is 2.33. The van der Waals surface area contributed by atoms with Gasteiger partial charge in [0, 0.05) is 0 Å². The molecule has 0 amide bonds. The second kappa shape index (κ2) is 4.92. The molecule has 1 aromatic rings. The largest absolute Gasteiger partial charge is 0.495 e. The van der Waals surface area contributed by atoms with Crippen LogP contribution >= 0.6 is 0 Å². The molecule has 1 aliphatic heterocycles. The molecule has 1 aromatic carbocycles. The predicted molar refractivity (Wildman–Crippen MR) is 68.9 cm³/mol. The van der Waals surface area contributed by atoms with Crippen LogP contribution in [0.25, 0.3) is 0 Å². The Kier molecular flexibility index (Phi) is 3.53. The number of rotatable bonds is 2. The van der Waals surface area contributed by atoms with E-state index < -0.39 is 6.10 Å². The van der Waals surface area contributed by atoms with E-state index in [1.54, 1.807) is 0 Å². The van der Waals surface area contributed by atoms with Gasteiger partial charge in [-0.1, -0.05) is 12.1 Å². The molecule has 0 saturated heterocycles. The number of aliphatic hydroxyl groups is 1. The van der Waals surface area contributed by atoms with Crippen molar-refractivity contribution < 1.29 is 9.84 Å². The lowest BCUT2D eigenvalue weighted by Gasteiger charge is -2.22. The standard InChI is InChI=1S/C15H20O2/c1-10-8-12(3)13(9-11(10)2)15(16)14-6-4-5-7-17-14/h6,8-9,15-16H,4-5,7H2,1-3H3. The van der Waals surface area contributed by atoms with Crippen molar-refractivity contribution in [3.63, 3.8) is 0 Å². The Morgan fingerprint density at radius 2 is 1.82 bits per heavy atom. The van der Waals surface area contributed by atoms with E-state index in [-0.39, 0.29) is 0 Å². The summed E-state index contributed by atoms with van der Waals surface area (Å²) in [6, 6.07) is 4.19. The Bertz CT molecular complexity index is 446. The average Bonchev–Trinajstić information content (AvgIpc) is 2.34. The van der Waals surface area contributed by atoms with E-state index in [2.05, 4.69) is 26.0 Å². The first-order valence-corrected chi connectivity index (χ1v) is 6.18. The summed E-state index contributed by atoms with van der Waals surface area (Å²) in [4.78, 5) is 0. The number of ether oxygens (including phenoxy) is 1. The minimum atomic E-state index is -0.616. The van der Waals surface area contributed by atoms with Gasteiger partial charge in [0.05, 0.1) is 6.61 Å². The molecule has 0 saturated carbocycles. The highest BCUT2D eigenvalue weighted by atomic mass is 16.5. The van der Waals surface area contributed by atoms with E-state index in [0.717, 1.165) is 24.0 Å². The Morgan fingerprint density at radius 1 is 1.12 bits per heavy atom. The van der Waals surface area contributed by atoms with E-state index in [1.807, 2.05) is 13.0 Å². The maximum absolute atomic E-state index is 10.3. The zero-order chi connectivity index (χ0) is 12.4. The van der Waals surface area contributed by atoms with Gasteiger partial charge in [-0.3, -0.25) is 0 Å². The molecule has 2 nitrogen and oxygen atoms in total. The van der Waals surface area contributed by atoms with Crippen LogP contribution in [-0.2, 0) is 4.74 Å². The highest BCUT2D eigenvalue weighted by Gasteiger charge is 2.19. The van der Waals surface area contributed by atoms with Crippen LogP contribution in [0.15, 0.2) is 24.0 Å². The molecule has 0 fully saturated rings. The number of allylic oxidation sites excluding steroid dienone is 1. The van der Waals surface area contributed by atoms with E-state index in [9.17, 15) is 5.11 Å². The maximum atomic E-state index is 10.3. The first-order valence-electron chi connectivity index (χ1n) is 6.18. The summed E-state index contributed by atoms with van der Waals surface area (Å²) in [5.74, 6) is 0.711. The molecule has 17 heavy (non-hydrogen) atoms. The fourth-order valence-corrected chi connectivity index (χ4v) is 2.20. The van der Waals surface area contributed by atoms with Gasteiger partial charge in [-0.25, -0.2) is 0 Å². The number of hydrogen-bond donors (Lipinski definition) is 1. The summed E-state index contributed by atoms with van der Waals surface area (Å²) < 4.78 is 5.53. The van der Waals surface area contributed by atoms with Gasteiger partial charge >= 0.3 is 0 Å². The molecule has 2 heteroatoms. The van der Waals surface area contributed by atoms with Crippen molar-refractivity contribution in [2.45, 2.75) is 39.7 Å². The monoisotopic (exact) mass is 232 g/mol. The SMILES string of the molecule is Cc1cc(C)c(C(O)C2=CCCCO2)cc1C. The van der Waals surface area contributed by atoms with Crippen LogP contribution in [0, 0.1) is 20.8 Å². The van der Waals surface area contributed by atoms with Crippen molar-refractivity contribution in [1.82, 2.24) is 0 Å². The summed E-state index contributed by atoms with van der Waals surface area (Å²) in [6.07, 6.45) is 3.43. The van der Waals surface area contributed by atoms with E-state index in [1.165, 1.54) is 11.1 Å². The van der Waals surface area contributed by atoms with Gasteiger partial charge in [0.1, 0.15) is 11.9 Å².